The molecule has 3 heterocycles. The molecular formula is C21H24N4O3S. The van der Waals surface area contributed by atoms with Gasteiger partial charge >= 0.3 is 6.03 Å². The Labute approximate surface area is 172 Å². The second-order valence-corrected chi connectivity index (χ2v) is 8.17. The molecule has 7 nitrogen and oxygen atoms in total. The molecule has 0 saturated heterocycles. The number of rotatable bonds is 6. The highest BCUT2D eigenvalue weighted by molar-refractivity contribution is 7.18. The van der Waals surface area contributed by atoms with Crippen molar-refractivity contribution in [3.8, 4) is 0 Å². The fourth-order valence-corrected chi connectivity index (χ4v) is 4.81. The Balaban J connectivity index is 1.48. The van der Waals surface area contributed by atoms with E-state index in [2.05, 4.69) is 10.3 Å². The zero-order valence-electron chi connectivity index (χ0n) is 16.4. The minimum Gasteiger partial charge on any atom is -0.385 e. The van der Waals surface area contributed by atoms with Crippen LogP contribution in [0.15, 0.2) is 41.5 Å². The van der Waals surface area contributed by atoms with Gasteiger partial charge in [-0.3, -0.25) is 9.36 Å². The summed E-state index contributed by atoms with van der Waals surface area (Å²) in [5.41, 5.74) is 2.12. The molecule has 0 unspecified atom stereocenters. The third kappa shape index (κ3) is 4.18. The van der Waals surface area contributed by atoms with Gasteiger partial charge in [-0.2, -0.15) is 0 Å². The highest BCUT2D eigenvalue weighted by Crippen LogP contribution is 2.32. The molecule has 0 fully saturated rings. The summed E-state index contributed by atoms with van der Waals surface area (Å²) in [5, 5.41) is 3.70. The predicted octanol–water partition coefficient (Wildman–Crippen LogP) is 2.76. The van der Waals surface area contributed by atoms with Crippen molar-refractivity contribution in [1.29, 1.82) is 0 Å². The number of urea groups is 1. The number of aryl methyl sites for hydroxylation is 1. The fourth-order valence-electron chi connectivity index (χ4n) is 3.62. The molecule has 0 bridgehead atoms. The van der Waals surface area contributed by atoms with E-state index < -0.39 is 0 Å². The molecule has 0 atom stereocenters. The molecule has 0 aliphatic carbocycles. The van der Waals surface area contributed by atoms with Crippen LogP contribution < -0.4 is 10.9 Å². The summed E-state index contributed by atoms with van der Waals surface area (Å²) in [4.78, 5) is 33.6. The lowest BCUT2D eigenvalue weighted by Crippen LogP contribution is -2.42. The topological polar surface area (TPSA) is 76.5 Å². The third-order valence-electron chi connectivity index (χ3n) is 5.15. The molecule has 3 aromatic rings. The number of amides is 2. The van der Waals surface area contributed by atoms with E-state index in [9.17, 15) is 9.59 Å². The highest BCUT2D eigenvalue weighted by Gasteiger charge is 2.26. The number of hydrogen-bond acceptors (Lipinski definition) is 5. The van der Waals surface area contributed by atoms with Gasteiger partial charge in [0.15, 0.2) is 0 Å². The largest absolute Gasteiger partial charge is 0.385 e. The number of aromatic nitrogens is 2. The van der Waals surface area contributed by atoms with Crippen LogP contribution in [0, 0.1) is 0 Å². The van der Waals surface area contributed by atoms with Crippen molar-refractivity contribution in [2.45, 2.75) is 32.5 Å². The molecule has 0 saturated carbocycles. The van der Waals surface area contributed by atoms with Gasteiger partial charge in [0.1, 0.15) is 4.83 Å². The number of carbonyl (C=O) groups excluding carboxylic acids is 1. The molecule has 29 heavy (non-hydrogen) atoms. The minimum absolute atomic E-state index is 0.00517. The van der Waals surface area contributed by atoms with E-state index in [0.29, 0.717) is 44.6 Å². The number of benzene rings is 1. The first-order chi connectivity index (χ1) is 14.2. The quantitative estimate of drug-likeness (QED) is 0.632. The lowest BCUT2D eigenvalue weighted by Gasteiger charge is -2.27. The van der Waals surface area contributed by atoms with Gasteiger partial charge in [-0.1, -0.05) is 30.3 Å². The van der Waals surface area contributed by atoms with Gasteiger partial charge in [-0.25, -0.2) is 9.78 Å². The van der Waals surface area contributed by atoms with Crippen LogP contribution >= 0.6 is 11.3 Å². The SMILES string of the molecule is COCCCn1cnc2sc3c(c2c1=O)CCN(C(=O)NCc1ccccc1)C3. The van der Waals surface area contributed by atoms with Crippen molar-refractivity contribution in [3.05, 3.63) is 63.0 Å². The molecule has 8 heteroatoms. The normalized spacial score (nSPS) is 13.5. The average molecular weight is 413 g/mol. The van der Waals surface area contributed by atoms with Crippen LogP contribution in [0.5, 0.6) is 0 Å². The van der Waals surface area contributed by atoms with Gasteiger partial charge in [0.05, 0.1) is 18.3 Å². The second kappa shape index (κ2) is 8.75. The van der Waals surface area contributed by atoms with Crippen molar-refractivity contribution in [2.75, 3.05) is 20.3 Å². The van der Waals surface area contributed by atoms with Crippen LogP contribution in [0.4, 0.5) is 4.79 Å². The number of carbonyl (C=O) groups is 1. The number of ether oxygens (including phenoxy) is 1. The first-order valence-corrected chi connectivity index (χ1v) is 10.5. The molecule has 1 aliphatic heterocycles. The summed E-state index contributed by atoms with van der Waals surface area (Å²) in [6, 6.07) is 9.77. The zero-order chi connectivity index (χ0) is 20.2. The Bertz CT molecular complexity index is 1060. The Morgan fingerprint density at radius 1 is 1.31 bits per heavy atom. The molecule has 4 rings (SSSR count). The van der Waals surface area contributed by atoms with Gasteiger partial charge in [-0.05, 0) is 24.0 Å². The first kappa shape index (κ1) is 19.6. The van der Waals surface area contributed by atoms with Gasteiger partial charge in [0.25, 0.3) is 5.56 Å². The van der Waals surface area contributed by atoms with E-state index in [4.69, 9.17) is 4.74 Å². The highest BCUT2D eigenvalue weighted by atomic mass is 32.1. The minimum atomic E-state index is -0.0816. The Hall–Kier alpha value is -2.71. The van der Waals surface area contributed by atoms with Crippen molar-refractivity contribution in [1.82, 2.24) is 19.8 Å². The van der Waals surface area contributed by atoms with Crippen molar-refractivity contribution >= 4 is 27.6 Å². The van der Waals surface area contributed by atoms with Crippen molar-refractivity contribution < 1.29 is 9.53 Å². The zero-order valence-corrected chi connectivity index (χ0v) is 17.2. The van der Waals surface area contributed by atoms with Gasteiger partial charge < -0.3 is 15.0 Å². The molecular weight excluding hydrogens is 388 g/mol. The molecule has 2 aromatic heterocycles. The predicted molar refractivity (Wildman–Crippen MR) is 113 cm³/mol. The summed E-state index contributed by atoms with van der Waals surface area (Å²) in [5.74, 6) is 0. The second-order valence-electron chi connectivity index (χ2n) is 7.09. The summed E-state index contributed by atoms with van der Waals surface area (Å²) in [7, 11) is 1.65. The monoisotopic (exact) mass is 412 g/mol. The number of hydrogen-bond donors (Lipinski definition) is 1. The fraction of sp³-hybridized carbons (Fsp3) is 0.381. The molecule has 2 amide bonds. The number of nitrogens with one attached hydrogen (secondary N) is 1. The summed E-state index contributed by atoms with van der Waals surface area (Å²) < 4.78 is 6.73. The maximum absolute atomic E-state index is 12.9. The standard InChI is InChI=1S/C21H24N4O3S/c1-28-11-5-9-25-14-23-19-18(20(25)26)16-8-10-24(13-17(16)29-19)21(27)22-12-15-6-3-2-4-7-15/h2-4,6-7,14H,5,8-13H2,1H3,(H,22,27). The lowest BCUT2D eigenvalue weighted by atomic mass is 10.1. The Kier molecular flexibility index (Phi) is 5.92. The molecule has 1 N–H and O–H groups in total. The maximum atomic E-state index is 12.9. The Morgan fingerprint density at radius 3 is 2.93 bits per heavy atom. The Morgan fingerprint density at radius 2 is 2.14 bits per heavy atom. The van der Waals surface area contributed by atoms with Gasteiger partial charge in [0, 0.05) is 38.2 Å². The smallest absolute Gasteiger partial charge is 0.318 e. The van der Waals surface area contributed by atoms with Crippen LogP contribution in [-0.2, 0) is 30.8 Å². The van der Waals surface area contributed by atoms with Crippen LogP contribution in [0.1, 0.15) is 22.4 Å². The van der Waals surface area contributed by atoms with Gasteiger partial charge in [-0.15, -0.1) is 11.3 Å². The van der Waals surface area contributed by atoms with E-state index in [0.717, 1.165) is 27.3 Å². The van der Waals surface area contributed by atoms with Crippen LogP contribution in [-0.4, -0.2) is 40.7 Å². The molecule has 0 spiro atoms. The van der Waals surface area contributed by atoms with E-state index >= 15 is 0 Å². The molecule has 0 radical (unpaired) electrons. The lowest BCUT2D eigenvalue weighted by molar-refractivity contribution is 0.190. The summed E-state index contributed by atoms with van der Waals surface area (Å²) in [6.07, 6.45) is 3.06. The summed E-state index contributed by atoms with van der Waals surface area (Å²) >= 11 is 1.52. The number of fused-ring (bicyclic) bond motifs is 3. The molecule has 1 aliphatic rings. The van der Waals surface area contributed by atoms with E-state index in [1.807, 2.05) is 30.3 Å². The third-order valence-corrected chi connectivity index (χ3v) is 6.27. The molecule has 152 valence electrons. The average Bonchev–Trinajstić information content (AvgIpc) is 3.13. The number of nitrogens with zero attached hydrogens (tertiary/aromatic N) is 3. The van der Waals surface area contributed by atoms with Crippen molar-refractivity contribution in [3.63, 3.8) is 0 Å². The van der Waals surface area contributed by atoms with E-state index in [1.54, 1.807) is 22.9 Å². The van der Waals surface area contributed by atoms with E-state index in [1.165, 1.54) is 11.3 Å². The van der Waals surface area contributed by atoms with E-state index in [-0.39, 0.29) is 11.6 Å². The van der Waals surface area contributed by atoms with Crippen LogP contribution in [0.2, 0.25) is 0 Å². The maximum Gasteiger partial charge on any atom is 0.318 e. The molecule has 1 aromatic carbocycles. The first-order valence-electron chi connectivity index (χ1n) is 9.72. The van der Waals surface area contributed by atoms with Gasteiger partial charge in [0.2, 0.25) is 0 Å². The number of methoxy groups -OCH3 is 1. The van der Waals surface area contributed by atoms with Crippen molar-refractivity contribution in [2.24, 2.45) is 0 Å². The summed E-state index contributed by atoms with van der Waals surface area (Å²) in [6.45, 7) is 2.81. The van der Waals surface area contributed by atoms with Crippen LogP contribution in [0.25, 0.3) is 10.2 Å². The van der Waals surface area contributed by atoms with Crippen LogP contribution in [0.3, 0.4) is 0 Å². The number of thiophene rings is 1.